The highest BCUT2D eigenvalue weighted by Gasteiger charge is 2.43. The van der Waals surface area contributed by atoms with Gasteiger partial charge in [0, 0.05) is 30.2 Å². The van der Waals surface area contributed by atoms with Crippen molar-refractivity contribution in [2.75, 3.05) is 26.8 Å². The first-order valence-corrected chi connectivity index (χ1v) is 7.55. The summed E-state index contributed by atoms with van der Waals surface area (Å²) in [5, 5.41) is 9.51. The van der Waals surface area contributed by atoms with Crippen molar-refractivity contribution in [1.29, 1.82) is 0 Å². The maximum absolute atomic E-state index is 12.5. The van der Waals surface area contributed by atoms with Crippen LogP contribution in [0, 0.1) is 5.41 Å². The summed E-state index contributed by atoms with van der Waals surface area (Å²) < 4.78 is 5.90. The summed E-state index contributed by atoms with van der Waals surface area (Å²) in [4.78, 5) is 25.7. The van der Waals surface area contributed by atoms with Gasteiger partial charge < -0.3 is 14.7 Å². The van der Waals surface area contributed by atoms with Gasteiger partial charge in [-0.1, -0.05) is 22.0 Å². The topological polar surface area (TPSA) is 66.8 Å². The molecule has 1 saturated heterocycles. The molecular formula is C15H18BrNO4. The van der Waals surface area contributed by atoms with Crippen LogP contribution in [0.1, 0.15) is 23.2 Å². The quantitative estimate of drug-likeness (QED) is 0.900. The molecule has 1 heterocycles. The molecular weight excluding hydrogens is 338 g/mol. The summed E-state index contributed by atoms with van der Waals surface area (Å²) in [5.41, 5.74) is -0.447. The van der Waals surface area contributed by atoms with Crippen molar-refractivity contribution >= 4 is 27.8 Å². The Balaban J connectivity index is 2.20. The van der Waals surface area contributed by atoms with E-state index in [-0.39, 0.29) is 19.1 Å². The molecule has 5 nitrogen and oxygen atoms in total. The van der Waals surface area contributed by atoms with E-state index in [1.165, 1.54) is 7.11 Å². The number of piperidine rings is 1. The third-order valence-electron chi connectivity index (χ3n) is 3.81. The number of rotatable bonds is 4. The third kappa shape index (κ3) is 3.44. The van der Waals surface area contributed by atoms with Crippen LogP contribution in [-0.2, 0) is 9.53 Å². The second-order valence-corrected chi connectivity index (χ2v) is 6.27. The number of ether oxygens (including phenoxy) is 1. The molecule has 0 spiro atoms. The smallest absolute Gasteiger partial charge is 0.313 e. The van der Waals surface area contributed by atoms with Crippen molar-refractivity contribution in [3.63, 3.8) is 0 Å². The van der Waals surface area contributed by atoms with Crippen LogP contribution in [0.4, 0.5) is 0 Å². The zero-order chi connectivity index (χ0) is 15.5. The number of aliphatic carboxylic acids is 1. The minimum atomic E-state index is -1.01. The summed E-state index contributed by atoms with van der Waals surface area (Å²) in [6.45, 7) is 0.871. The van der Waals surface area contributed by atoms with E-state index < -0.39 is 11.4 Å². The molecule has 1 atom stereocenters. The second kappa shape index (κ2) is 6.58. The predicted molar refractivity (Wildman–Crippen MR) is 81.2 cm³/mol. The van der Waals surface area contributed by atoms with Gasteiger partial charge in [-0.05, 0) is 31.0 Å². The summed E-state index contributed by atoms with van der Waals surface area (Å²) in [6.07, 6.45) is 1.19. The van der Waals surface area contributed by atoms with Crippen LogP contribution >= 0.6 is 15.9 Å². The fourth-order valence-corrected chi connectivity index (χ4v) is 3.14. The normalized spacial score (nSPS) is 22.1. The Morgan fingerprint density at radius 1 is 1.48 bits per heavy atom. The predicted octanol–water partition coefficient (Wildman–Crippen LogP) is 2.40. The highest BCUT2D eigenvalue weighted by atomic mass is 79.9. The Kier molecular flexibility index (Phi) is 5.00. The molecule has 0 aromatic heterocycles. The van der Waals surface area contributed by atoms with Crippen LogP contribution in [0.25, 0.3) is 0 Å². The van der Waals surface area contributed by atoms with Crippen LogP contribution in [0.5, 0.6) is 0 Å². The summed E-state index contributed by atoms with van der Waals surface area (Å²) in [6, 6.07) is 7.12. The summed E-state index contributed by atoms with van der Waals surface area (Å²) in [7, 11) is 1.49. The molecule has 0 aliphatic carbocycles. The molecule has 0 saturated carbocycles. The van der Waals surface area contributed by atoms with Gasteiger partial charge >= 0.3 is 5.97 Å². The maximum atomic E-state index is 12.5. The van der Waals surface area contributed by atoms with Gasteiger partial charge in [-0.25, -0.2) is 0 Å². The zero-order valence-electron chi connectivity index (χ0n) is 11.8. The number of methoxy groups -OCH3 is 1. The number of halogens is 1. The van der Waals surface area contributed by atoms with Crippen LogP contribution in [0.3, 0.4) is 0 Å². The fraction of sp³-hybridized carbons (Fsp3) is 0.467. The number of carbonyl (C=O) groups is 2. The van der Waals surface area contributed by atoms with Crippen LogP contribution in [0.15, 0.2) is 28.7 Å². The van der Waals surface area contributed by atoms with E-state index in [2.05, 4.69) is 15.9 Å². The summed E-state index contributed by atoms with van der Waals surface area (Å²) >= 11 is 3.34. The molecule has 1 aromatic carbocycles. The molecule has 6 heteroatoms. The SMILES string of the molecule is COCC1(C(=O)O)CCCN(C(=O)c2cccc(Br)c2)C1. The molecule has 114 valence electrons. The lowest BCUT2D eigenvalue weighted by Crippen LogP contribution is -2.52. The van der Waals surface area contributed by atoms with Gasteiger partial charge in [-0.15, -0.1) is 0 Å². The van der Waals surface area contributed by atoms with E-state index in [9.17, 15) is 14.7 Å². The van der Waals surface area contributed by atoms with Crippen molar-refractivity contribution in [1.82, 2.24) is 4.90 Å². The fourth-order valence-electron chi connectivity index (χ4n) is 2.74. The Morgan fingerprint density at radius 2 is 2.24 bits per heavy atom. The van der Waals surface area contributed by atoms with Crippen LogP contribution in [-0.4, -0.2) is 48.7 Å². The first-order valence-electron chi connectivity index (χ1n) is 6.76. The minimum Gasteiger partial charge on any atom is -0.481 e. The van der Waals surface area contributed by atoms with Crippen LogP contribution < -0.4 is 0 Å². The van der Waals surface area contributed by atoms with Crippen molar-refractivity contribution in [3.05, 3.63) is 34.3 Å². The maximum Gasteiger partial charge on any atom is 0.313 e. The number of hydrogen-bond acceptors (Lipinski definition) is 3. The molecule has 1 amide bonds. The van der Waals surface area contributed by atoms with Gasteiger partial charge in [-0.2, -0.15) is 0 Å². The number of carbonyl (C=O) groups excluding carboxylic acids is 1. The Morgan fingerprint density at radius 3 is 2.86 bits per heavy atom. The molecule has 21 heavy (non-hydrogen) atoms. The van der Waals surface area contributed by atoms with Crippen molar-refractivity contribution in [3.8, 4) is 0 Å². The average Bonchev–Trinajstić information content (AvgIpc) is 2.47. The number of likely N-dealkylation sites (tertiary alicyclic amines) is 1. The molecule has 0 radical (unpaired) electrons. The van der Waals surface area contributed by atoms with Gasteiger partial charge in [0.15, 0.2) is 0 Å². The van der Waals surface area contributed by atoms with Gasteiger partial charge in [0.25, 0.3) is 5.91 Å². The standard InChI is InChI=1S/C15H18BrNO4/c1-21-10-15(14(19)20)6-3-7-17(9-15)13(18)11-4-2-5-12(16)8-11/h2,4-5,8H,3,6-7,9-10H2,1H3,(H,19,20). The minimum absolute atomic E-state index is 0.116. The first-order chi connectivity index (χ1) is 9.98. The highest BCUT2D eigenvalue weighted by molar-refractivity contribution is 9.10. The molecule has 1 aromatic rings. The van der Waals surface area contributed by atoms with Gasteiger partial charge in [-0.3, -0.25) is 9.59 Å². The Hall–Kier alpha value is -1.40. The molecule has 1 N–H and O–H groups in total. The number of carboxylic acids is 1. The monoisotopic (exact) mass is 355 g/mol. The van der Waals surface area contributed by atoms with E-state index in [0.29, 0.717) is 24.9 Å². The van der Waals surface area contributed by atoms with Crippen molar-refractivity contribution in [2.45, 2.75) is 12.8 Å². The lowest BCUT2D eigenvalue weighted by atomic mass is 9.80. The second-order valence-electron chi connectivity index (χ2n) is 5.36. The van der Waals surface area contributed by atoms with Gasteiger partial charge in [0.1, 0.15) is 5.41 Å². The molecule has 2 rings (SSSR count). The van der Waals surface area contributed by atoms with Gasteiger partial charge in [0.2, 0.25) is 0 Å². The largest absolute Gasteiger partial charge is 0.481 e. The van der Waals surface area contributed by atoms with E-state index >= 15 is 0 Å². The van der Waals surface area contributed by atoms with E-state index in [0.717, 1.165) is 4.47 Å². The van der Waals surface area contributed by atoms with Crippen molar-refractivity contribution < 1.29 is 19.4 Å². The van der Waals surface area contributed by atoms with Crippen LogP contribution in [0.2, 0.25) is 0 Å². The van der Waals surface area contributed by atoms with E-state index in [1.807, 2.05) is 6.07 Å². The lowest BCUT2D eigenvalue weighted by molar-refractivity contribution is -0.155. The molecule has 1 unspecified atom stereocenters. The molecule has 1 fully saturated rings. The first kappa shape index (κ1) is 16.0. The van der Waals surface area contributed by atoms with E-state index in [4.69, 9.17) is 4.74 Å². The lowest BCUT2D eigenvalue weighted by Gasteiger charge is -2.39. The van der Waals surface area contributed by atoms with Crippen molar-refractivity contribution in [2.24, 2.45) is 5.41 Å². The molecule has 0 bridgehead atoms. The number of hydrogen-bond donors (Lipinski definition) is 1. The number of carboxylic acid groups (broad SMARTS) is 1. The molecule has 1 aliphatic rings. The third-order valence-corrected chi connectivity index (χ3v) is 4.30. The Bertz CT molecular complexity index is 544. The number of nitrogens with zero attached hydrogens (tertiary/aromatic N) is 1. The van der Waals surface area contributed by atoms with E-state index in [1.54, 1.807) is 23.1 Å². The zero-order valence-corrected chi connectivity index (χ0v) is 13.4. The average molecular weight is 356 g/mol. The number of amides is 1. The molecule has 1 aliphatic heterocycles. The van der Waals surface area contributed by atoms with Gasteiger partial charge in [0.05, 0.1) is 6.61 Å². The summed E-state index contributed by atoms with van der Waals surface area (Å²) in [5.74, 6) is -1.05. The highest BCUT2D eigenvalue weighted by Crippen LogP contribution is 2.31. The number of benzene rings is 1. The Labute approximate surface area is 132 Å².